The molecule has 1 amide bonds. The summed E-state index contributed by atoms with van der Waals surface area (Å²) in [6.45, 7) is 1.38. The Bertz CT molecular complexity index is 852. The van der Waals surface area contributed by atoms with Gasteiger partial charge in [0, 0.05) is 18.5 Å². The summed E-state index contributed by atoms with van der Waals surface area (Å²) in [4.78, 5) is 37.7. The summed E-state index contributed by atoms with van der Waals surface area (Å²) in [5.74, 6) is -0.847. The molecule has 0 aliphatic carbocycles. The van der Waals surface area contributed by atoms with Gasteiger partial charge in [-0.25, -0.2) is 9.59 Å². The first-order valence-corrected chi connectivity index (χ1v) is 7.73. The largest absolute Gasteiger partial charge is 0.493 e. The number of para-hydroxylation sites is 1. The molecule has 2 heterocycles. The lowest BCUT2D eigenvalue weighted by Crippen LogP contribution is -2.42. The van der Waals surface area contributed by atoms with Crippen LogP contribution in [0.1, 0.15) is 10.4 Å². The molecule has 0 N–H and O–H groups in total. The van der Waals surface area contributed by atoms with Crippen LogP contribution in [-0.2, 0) is 14.3 Å². The van der Waals surface area contributed by atoms with Gasteiger partial charge in [-0.1, -0.05) is 12.1 Å². The molecule has 0 bridgehead atoms. The molecular formula is C17H17NO7. The van der Waals surface area contributed by atoms with E-state index in [1.165, 1.54) is 13.2 Å². The number of nitrogens with zero attached hydrogens (tertiary/aromatic N) is 1. The predicted molar refractivity (Wildman–Crippen MR) is 86.7 cm³/mol. The fourth-order valence-electron chi connectivity index (χ4n) is 2.53. The van der Waals surface area contributed by atoms with Crippen LogP contribution in [0.25, 0.3) is 11.0 Å². The number of carbonyl (C=O) groups excluding carboxylic acids is 2. The highest BCUT2D eigenvalue weighted by Gasteiger charge is 2.21. The van der Waals surface area contributed by atoms with Crippen LogP contribution < -0.4 is 10.4 Å². The lowest BCUT2D eigenvalue weighted by Gasteiger charge is -2.26. The van der Waals surface area contributed by atoms with Gasteiger partial charge in [0.05, 0.1) is 20.3 Å². The Balaban J connectivity index is 1.74. The number of morpholine rings is 1. The first-order valence-electron chi connectivity index (χ1n) is 7.73. The van der Waals surface area contributed by atoms with Crippen LogP contribution in [0.15, 0.2) is 33.5 Å². The van der Waals surface area contributed by atoms with Gasteiger partial charge < -0.3 is 23.5 Å². The number of methoxy groups -OCH3 is 1. The van der Waals surface area contributed by atoms with Gasteiger partial charge in [-0.3, -0.25) is 4.79 Å². The van der Waals surface area contributed by atoms with Gasteiger partial charge in [0.15, 0.2) is 17.9 Å². The van der Waals surface area contributed by atoms with Gasteiger partial charge in [-0.2, -0.15) is 0 Å². The van der Waals surface area contributed by atoms with Crippen molar-refractivity contribution >= 4 is 22.8 Å². The van der Waals surface area contributed by atoms with E-state index < -0.39 is 18.2 Å². The standard InChI is InChI=1S/C17H17NO7/c1-22-13-4-2-3-11-9-12(17(21)25-15(11)13)16(20)24-10-14(19)18-5-7-23-8-6-18/h2-4,9H,5-8,10H2,1H3. The van der Waals surface area contributed by atoms with E-state index in [9.17, 15) is 14.4 Å². The molecule has 1 fully saturated rings. The monoisotopic (exact) mass is 347 g/mol. The number of esters is 1. The Kier molecular flexibility index (Phi) is 4.99. The third-order valence-electron chi connectivity index (χ3n) is 3.85. The van der Waals surface area contributed by atoms with Crippen molar-refractivity contribution in [2.24, 2.45) is 0 Å². The van der Waals surface area contributed by atoms with Gasteiger partial charge in [-0.15, -0.1) is 0 Å². The molecule has 0 unspecified atom stereocenters. The summed E-state index contributed by atoms with van der Waals surface area (Å²) in [5, 5.41) is 0.519. The van der Waals surface area contributed by atoms with Crippen LogP contribution in [0.2, 0.25) is 0 Å². The van der Waals surface area contributed by atoms with Gasteiger partial charge >= 0.3 is 11.6 Å². The molecule has 1 aromatic heterocycles. The highest BCUT2D eigenvalue weighted by molar-refractivity contribution is 5.95. The normalized spacial score (nSPS) is 14.4. The molecule has 8 nitrogen and oxygen atoms in total. The highest BCUT2D eigenvalue weighted by atomic mass is 16.5. The highest BCUT2D eigenvalue weighted by Crippen LogP contribution is 2.24. The molecule has 3 rings (SSSR count). The quantitative estimate of drug-likeness (QED) is 0.597. The van der Waals surface area contributed by atoms with Crippen LogP contribution in [0, 0.1) is 0 Å². The van der Waals surface area contributed by atoms with Crippen molar-refractivity contribution in [1.82, 2.24) is 4.90 Å². The van der Waals surface area contributed by atoms with Gasteiger partial charge in [-0.05, 0) is 12.1 Å². The molecule has 132 valence electrons. The minimum atomic E-state index is -0.903. The molecular weight excluding hydrogens is 330 g/mol. The van der Waals surface area contributed by atoms with Crippen molar-refractivity contribution in [2.45, 2.75) is 0 Å². The fraction of sp³-hybridized carbons (Fsp3) is 0.353. The van der Waals surface area contributed by atoms with E-state index in [1.54, 1.807) is 23.1 Å². The first-order chi connectivity index (χ1) is 12.1. The maximum absolute atomic E-state index is 12.1. The maximum atomic E-state index is 12.1. The molecule has 0 radical (unpaired) electrons. The Morgan fingerprint density at radius 1 is 1.24 bits per heavy atom. The topological polar surface area (TPSA) is 95.3 Å². The zero-order valence-electron chi connectivity index (χ0n) is 13.6. The Labute approximate surface area is 142 Å². The summed E-state index contributed by atoms with van der Waals surface area (Å²) in [6.07, 6.45) is 0. The lowest BCUT2D eigenvalue weighted by atomic mass is 10.2. The van der Waals surface area contributed by atoms with Crippen LogP contribution in [0.5, 0.6) is 5.75 Å². The smallest absolute Gasteiger partial charge is 0.351 e. The minimum Gasteiger partial charge on any atom is -0.493 e. The summed E-state index contributed by atoms with van der Waals surface area (Å²) in [6, 6.07) is 6.39. The number of carbonyl (C=O) groups is 2. The SMILES string of the molecule is COc1cccc2cc(C(=O)OCC(=O)N3CCOCC3)c(=O)oc12. The summed E-state index contributed by atoms with van der Waals surface area (Å²) in [7, 11) is 1.45. The Morgan fingerprint density at radius 3 is 2.72 bits per heavy atom. The number of benzene rings is 1. The molecule has 0 spiro atoms. The third kappa shape index (κ3) is 3.63. The predicted octanol–water partition coefficient (Wildman–Crippen LogP) is 0.817. The molecule has 0 saturated carbocycles. The molecule has 8 heteroatoms. The van der Waals surface area contributed by atoms with Gasteiger partial charge in [0.1, 0.15) is 5.56 Å². The molecule has 0 atom stereocenters. The second kappa shape index (κ2) is 7.35. The average molecular weight is 347 g/mol. The van der Waals surface area contributed by atoms with E-state index in [0.29, 0.717) is 37.4 Å². The third-order valence-corrected chi connectivity index (χ3v) is 3.85. The Hall–Kier alpha value is -2.87. The first kappa shape index (κ1) is 17.0. The molecule has 25 heavy (non-hydrogen) atoms. The Morgan fingerprint density at radius 2 is 2.00 bits per heavy atom. The van der Waals surface area contributed by atoms with Crippen molar-refractivity contribution in [3.8, 4) is 5.75 Å². The van der Waals surface area contributed by atoms with E-state index >= 15 is 0 Å². The molecule has 2 aromatic rings. The second-order valence-corrected chi connectivity index (χ2v) is 5.40. The average Bonchev–Trinajstić information content (AvgIpc) is 2.65. The molecule has 1 aliphatic rings. The van der Waals surface area contributed by atoms with Gasteiger partial charge in [0.25, 0.3) is 5.91 Å². The molecule has 1 aromatic carbocycles. The second-order valence-electron chi connectivity index (χ2n) is 5.40. The van der Waals surface area contributed by atoms with E-state index in [2.05, 4.69) is 0 Å². The lowest BCUT2D eigenvalue weighted by molar-refractivity contribution is -0.138. The summed E-state index contributed by atoms with van der Waals surface area (Å²) < 4.78 is 20.4. The van der Waals surface area contributed by atoms with Crippen molar-refractivity contribution < 1.29 is 28.2 Å². The van der Waals surface area contributed by atoms with E-state index in [-0.39, 0.29) is 17.1 Å². The van der Waals surface area contributed by atoms with Crippen molar-refractivity contribution in [3.05, 3.63) is 40.2 Å². The van der Waals surface area contributed by atoms with Crippen molar-refractivity contribution in [3.63, 3.8) is 0 Å². The number of amides is 1. The van der Waals surface area contributed by atoms with E-state index in [0.717, 1.165) is 0 Å². The number of hydrogen-bond acceptors (Lipinski definition) is 7. The number of rotatable bonds is 4. The van der Waals surface area contributed by atoms with Crippen LogP contribution in [0.4, 0.5) is 0 Å². The summed E-state index contributed by atoms with van der Waals surface area (Å²) >= 11 is 0. The fourth-order valence-corrected chi connectivity index (χ4v) is 2.53. The number of hydrogen-bond donors (Lipinski definition) is 0. The van der Waals surface area contributed by atoms with E-state index in [4.69, 9.17) is 18.6 Å². The van der Waals surface area contributed by atoms with Crippen molar-refractivity contribution in [2.75, 3.05) is 40.0 Å². The van der Waals surface area contributed by atoms with Crippen LogP contribution in [-0.4, -0.2) is 56.8 Å². The van der Waals surface area contributed by atoms with Crippen LogP contribution >= 0.6 is 0 Å². The van der Waals surface area contributed by atoms with Crippen molar-refractivity contribution in [1.29, 1.82) is 0 Å². The van der Waals surface area contributed by atoms with Crippen LogP contribution in [0.3, 0.4) is 0 Å². The van der Waals surface area contributed by atoms with E-state index in [1.807, 2.05) is 0 Å². The zero-order valence-corrected chi connectivity index (χ0v) is 13.6. The number of fused-ring (bicyclic) bond motifs is 1. The van der Waals surface area contributed by atoms with Gasteiger partial charge in [0.2, 0.25) is 0 Å². The number of ether oxygens (including phenoxy) is 3. The summed E-state index contributed by atoms with van der Waals surface area (Å²) in [5.41, 5.74) is -0.868. The maximum Gasteiger partial charge on any atom is 0.351 e. The minimum absolute atomic E-state index is 0.246. The molecule has 1 saturated heterocycles. The molecule has 1 aliphatic heterocycles. The zero-order chi connectivity index (χ0) is 17.8.